The van der Waals surface area contributed by atoms with Crippen molar-refractivity contribution in [2.45, 2.75) is 25.8 Å². The number of piperidine rings is 1. The Bertz CT molecular complexity index is 677. The van der Waals surface area contributed by atoms with Crippen molar-refractivity contribution < 1.29 is 10.2 Å². The highest BCUT2D eigenvalue weighted by molar-refractivity contribution is 6.30. The fraction of sp³-hybridized carbons (Fsp3) is 0.400. The number of rotatable bonds is 5. The molecule has 0 aromatic heterocycles. The predicted molar refractivity (Wildman–Crippen MR) is 97.3 cm³/mol. The van der Waals surface area contributed by atoms with Crippen molar-refractivity contribution in [2.24, 2.45) is 5.41 Å². The minimum absolute atomic E-state index is 0.117. The second kappa shape index (κ2) is 7.56. The van der Waals surface area contributed by atoms with E-state index in [1.807, 2.05) is 24.3 Å². The van der Waals surface area contributed by atoms with Gasteiger partial charge in [-0.3, -0.25) is 4.90 Å². The summed E-state index contributed by atoms with van der Waals surface area (Å²) in [5.41, 5.74) is 1.99. The minimum Gasteiger partial charge on any atom is -0.508 e. The van der Waals surface area contributed by atoms with E-state index in [4.69, 9.17) is 11.6 Å². The summed E-state index contributed by atoms with van der Waals surface area (Å²) in [6.45, 7) is 2.63. The maximum Gasteiger partial charge on any atom is 0.120 e. The average molecular weight is 346 g/mol. The minimum atomic E-state index is -0.117. The van der Waals surface area contributed by atoms with Crippen LogP contribution in [-0.2, 0) is 13.0 Å². The van der Waals surface area contributed by atoms with Gasteiger partial charge in [-0.05, 0) is 49.6 Å². The molecule has 1 fully saturated rings. The third-order valence-corrected chi connectivity index (χ3v) is 5.17. The molecule has 1 heterocycles. The molecule has 24 heavy (non-hydrogen) atoms. The Labute approximate surface area is 148 Å². The van der Waals surface area contributed by atoms with Crippen LogP contribution in [0.4, 0.5) is 0 Å². The summed E-state index contributed by atoms with van der Waals surface area (Å²) in [7, 11) is 0. The standard InChI is InChI=1S/C20H24ClNO2/c21-18-7-8-19(24)17(11-18)13-22-10-4-9-20(14-22,15-23)12-16-5-2-1-3-6-16/h1-3,5-8,11,23-24H,4,9-10,12-15H2/t20-/m0/s1. The Morgan fingerprint density at radius 1 is 1.12 bits per heavy atom. The first-order valence-electron chi connectivity index (χ1n) is 8.45. The number of hydrogen-bond donors (Lipinski definition) is 2. The van der Waals surface area contributed by atoms with Gasteiger partial charge in [-0.2, -0.15) is 0 Å². The van der Waals surface area contributed by atoms with E-state index in [-0.39, 0.29) is 17.8 Å². The molecule has 2 N–H and O–H groups in total. The van der Waals surface area contributed by atoms with Crippen LogP contribution in [0.1, 0.15) is 24.0 Å². The molecule has 2 aromatic rings. The molecule has 128 valence electrons. The van der Waals surface area contributed by atoms with E-state index >= 15 is 0 Å². The van der Waals surface area contributed by atoms with Crippen molar-refractivity contribution >= 4 is 11.6 Å². The van der Waals surface area contributed by atoms with Gasteiger partial charge in [0.15, 0.2) is 0 Å². The number of phenolic OH excluding ortho intramolecular Hbond substituents is 1. The van der Waals surface area contributed by atoms with Gasteiger partial charge < -0.3 is 10.2 Å². The molecule has 3 rings (SSSR count). The van der Waals surface area contributed by atoms with Crippen LogP contribution in [0.5, 0.6) is 5.75 Å². The molecule has 1 atom stereocenters. The van der Waals surface area contributed by atoms with Gasteiger partial charge >= 0.3 is 0 Å². The van der Waals surface area contributed by atoms with Gasteiger partial charge in [0.2, 0.25) is 0 Å². The smallest absolute Gasteiger partial charge is 0.120 e. The van der Waals surface area contributed by atoms with Crippen LogP contribution in [0.2, 0.25) is 5.02 Å². The van der Waals surface area contributed by atoms with Gasteiger partial charge in [0.1, 0.15) is 5.75 Å². The summed E-state index contributed by atoms with van der Waals surface area (Å²) in [5.74, 6) is 0.280. The number of nitrogens with zero attached hydrogens (tertiary/aromatic N) is 1. The summed E-state index contributed by atoms with van der Waals surface area (Å²) in [5, 5.41) is 20.8. The fourth-order valence-corrected chi connectivity index (χ4v) is 3.92. The summed E-state index contributed by atoms with van der Waals surface area (Å²) < 4.78 is 0. The molecule has 4 heteroatoms. The molecule has 0 radical (unpaired) electrons. The Hall–Kier alpha value is -1.55. The van der Waals surface area contributed by atoms with E-state index in [2.05, 4.69) is 17.0 Å². The summed E-state index contributed by atoms with van der Waals surface area (Å²) in [6.07, 6.45) is 2.95. The Kier molecular flexibility index (Phi) is 5.44. The van der Waals surface area contributed by atoms with E-state index < -0.39 is 0 Å². The summed E-state index contributed by atoms with van der Waals surface area (Å²) in [4.78, 5) is 2.31. The quantitative estimate of drug-likeness (QED) is 0.864. The van der Waals surface area contributed by atoms with Gasteiger partial charge in [0, 0.05) is 29.1 Å². The molecular formula is C20H24ClNO2. The number of phenols is 1. The molecule has 0 aliphatic carbocycles. The van der Waals surface area contributed by atoms with Crippen molar-refractivity contribution in [1.82, 2.24) is 4.90 Å². The monoisotopic (exact) mass is 345 g/mol. The summed E-state index contributed by atoms with van der Waals surface area (Å²) >= 11 is 6.06. The lowest BCUT2D eigenvalue weighted by molar-refractivity contribution is 0.0286. The molecule has 0 amide bonds. The van der Waals surface area contributed by atoms with Gasteiger partial charge in [-0.1, -0.05) is 41.9 Å². The number of likely N-dealkylation sites (tertiary alicyclic amines) is 1. The van der Waals surface area contributed by atoms with E-state index in [9.17, 15) is 10.2 Å². The first kappa shape index (κ1) is 17.3. The molecule has 3 nitrogen and oxygen atoms in total. The highest BCUT2D eigenvalue weighted by Crippen LogP contribution is 2.35. The van der Waals surface area contributed by atoms with E-state index in [1.54, 1.807) is 12.1 Å². The van der Waals surface area contributed by atoms with Crippen LogP contribution in [-0.4, -0.2) is 34.8 Å². The van der Waals surface area contributed by atoms with Crippen molar-refractivity contribution in [1.29, 1.82) is 0 Å². The van der Waals surface area contributed by atoms with Crippen molar-refractivity contribution in [3.05, 3.63) is 64.7 Å². The SMILES string of the molecule is OC[C@]1(Cc2ccccc2)CCCN(Cc2cc(Cl)ccc2O)C1. The first-order valence-corrected chi connectivity index (χ1v) is 8.83. The Morgan fingerprint density at radius 3 is 2.67 bits per heavy atom. The number of hydrogen-bond acceptors (Lipinski definition) is 3. The van der Waals surface area contributed by atoms with Crippen LogP contribution in [0, 0.1) is 5.41 Å². The molecule has 1 aliphatic heterocycles. The Morgan fingerprint density at radius 2 is 1.92 bits per heavy atom. The maximum atomic E-state index is 10.1. The van der Waals surface area contributed by atoms with Crippen molar-refractivity contribution in [2.75, 3.05) is 19.7 Å². The number of aliphatic hydroxyl groups is 1. The fourth-order valence-electron chi connectivity index (χ4n) is 3.72. The predicted octanol–water partition coefficient (Wildman–Crippen LogP) is 3.86. The molecular weight excluding hydrogens is 322 g/mol. The second-order valence-corrected chi connectivity index (χ2v) is 7.34. The van der Waals surface area contributed by atoms with Crippen LogP contribution in [0.3, 0.4) is 0 Å². The highest BCUT2D eigenvalue weighted by atomic mass is 35.5. The lowest BCUT2D eigenvalue weighted by Gasteiger charge is -2.42. The van der Waals surface area contributed by atoms with Crippen LogP contribution >= 0.6 is 11.6 Å². The average Bonchev–Trinajstić information content (AvgIpc) is 2.59. The second-order valence-electron chi connectivity index (χ2n) is 6.91. The van der Waals surface area contributed by atoms with Gasteiger partial charge in [-0.15, -0.1) is 0 Å². The number of aromatic hydroxyl groups is 1. The van der Waals surface area contributed by atoms with Gasteiger partial charge in [0.05, 0.1) is 6.61 Å². The number of halogens is 1. The Balaban J connectivity index is 1.73. The molecule has 1 aliphatic rings. The molecule has 2 aromatic carbocycles. The summed E-state index contributed by atoms with van der Waals surface area (Å²) in [6, 6.07) is 15.5. The zero-order chi connectivity index (χ0) is 17.0. The maximum absolute atomic E-state index is 10.1. The first-order chi connectivity index (χ1) is 11.6. The molecule has 0 spiro atoms. The van der Waals surface area contributed by atoms with E-state index in [0.717, 1.165) is 37.9 Å². The van der Waals surface area contributed by atoms with Crippen molar-refractivity contribution in [3.8, 4) is 5.75 Å². The molecule has 0 saturated carbocycles. The number of aliphatic hydroxyl groups excluding tert-OH is 1. The molecule has 0 unspecified atom stereocenters. The topological polar surface area (TPSA) is 43.7 Å². The highest BCUT2D eigenvalue weighted by Gasteiger charge is 2.35. The van der Waals surface area contributed by atoms with Crippen LogP contribution in [0.15, 0.2) is 48.5 Å². The van der Waals surface area contributed by atoms with Crippen LogP contribution < -0.4 is 0 Å². The lowest BCUT2D eigenvalue weighted by Crippen LogP contribution is -2.46. The largest absolute Gasteiger partial charge is 0.508 e. The third kappa shape index (κ3) is 4.10. The van der Waals surface area contributed by atoms with Crippen LogP contribution in [0.25, 0.3) is 0 Å². The molecule has 0 bridgehead atoms. The molecule has 1 saturated heterocycles. The number of benzene rings is 2. The normalized spacial score (nSPS) is 21.8. The van der Waals surface area contributed by atoms with E-state index in [1.165, 1.54) is 5.56 Å². The zero-order valence-electron chi connectivity index (χ0n) is 13.8. The van der Waals surface area contributed by atoms with Gasteiger partial charge in [-0.25, -0.2) is 0 Å². The van der Waals surface area contributed by atoms with Gasteiger partial charge in [0.25, 0.3) is 0 Å². The lowest BCUT2D eigenvalue weighted by atomic mass is 9.75. The zero-order valence-corrected chi connectivity index (χ0v) is 14.5. The third-order valence-electron chi connectivity index (χ3n) is 4.93. The van der Waals surface area contributed by atoms with E-state index in [0.29, 0.717) is 11.6 Å². The van der Waals surface area contributed by atoms with Crippen molar-refractivity contribution in [3.63, 3.8) is 0 Å².